The average molecular weight is 450 g/mol. The summed E-state index contributed by atoms with van der Waals surface area (Å²) in [6.45, 7) is -0.432. The number of nitrogens with zero attached hydrogens (tertiary/aromatic N) is 3. The van der Waals surface area contributed by atoms with Crippen LogP contribution in [0.1, 0.15) is 0 Å². The van der Waals surface area contributed by atoms with Gasteiger partial charge in [0.25, 0.3) is 15.9 Å². The van der Waals surface area contributed by atoms with Crippen LogP contribution in [0.25, 0.3) is 10.8 Å². The van der Waals surface area contributed by atoms with Crippen molar-refractivity contribution in [1.82, 2.24) is 4.90 Å². The molecule has 9 nitrogen and oxygen atoms in total. The third kappa shape index (κ3) is 2.99. The summed E-state index contributed by atoms with van der Waals surface area (Å²) in [5.74, 6) is -0.915. The van der Waals surface area contributed by atoms with E-state index in [0.717, 1.165) is 14.6 Å². The molecule has 5 rings (SSSR count). The number of sulfonamides is 1. The number of amides is 4. The van der Waals surface area contributed by atoms with E-state index in [9.17, 15) is 22.8 Å². The Hall–Kier alpha value is -3.92. The minimum Gasteiger partial charge on any atom is -0.324 e. The Kier molecular flexibility index (Phi) is 4.41. The van der Waals surface area contributed by atoms with Crippen LogP contribution >= 0.6 is 0 Å². The van der Waals surface area contributed by atoms with Crippen molar-refractivity contribution in [1.29, 1.82) is 0 Å². The Bertz CT molecular complexity index is 1410. The standard InChI is InChI=1S/C22H18N4O5S/c1-24-13-20(28)26(22(24)29)16-8-4-7-15(11-16)23-19(27)12-25-17-9-2-5-14-6-3-10-18(21(14)17)32(25,30)31/h2-11H,12-13H2,1H3,(H,23,27). The Morgan fingerprint density at radius 1 is 1.03 bits per heavy atom. The van der Waals surface area contributed by atoms with Crippen LogP contribution in [0.15, 0.2) is 65.6 Å². The zero-order valence-electron chi connectivity index (χ0n) is 17.0. The van der Waals surface area contributed by atoms with E-state index in [1.807, 2.05) is 12.1 Å². The van der Waals surface area contributed by atoms with Crippen molar-refractivity contribution in [2.24, 2.45) is 0 Å². The molecule has 4 amide bonds. The lowest BCUT2D eigenvalue weighted by Crippen LogP contribution is -2.35. The topological polar surface area (TPSA) is 107 Å². The monoisotopic (exact) mass is 450 g/mol. The lowest BCUT2D eigenvalue weighted by molar-refractivity contribution is -0.116. The molecule has 3 aromatic rings. The van der Waals surface area contributed by atoms with Crippen LogP contribution < -0.4 is 14.5 Å². The Morgan fingerprint density at radius 2 is 1.75 bits per heavy atom. The molecule has 0 atom stereocenters. The van der Waals surface area contributed by atoms with Gasteiger partial charge in [0.15, 0.2) is 0 Å². The number of carbonyl (C=O) groups is 3. The van der Waals surface area contributed by atoms with Crippen molar-refractivity contribution >= 4 is 55.7 Å². The van der Waals surface area contributed by atoms with Gasteiger partial charge in [-0.15, -0.1) is 0 Å². The third-order valence-electron chi connectivity index (χ3n) is 5.50. The van der Waals surface area contributed by atoms with Crippen LogP contribution in [0.2, 0.25) is 0 Å². The highest BCUT2D eigenvalue weighted by Crippen LogP contribution is 2.41. The molecule has 10 heteroatoms. The lowest BCUT2D eigenvalue weighted by atomic mass is 10.1. The molecule has 1 saturated heterocycles. The van der Waals surface area contributed by atoms with Crippen molar-refractivity contribution in [2.75, 3.05) is 34.7 Å². The molecule has 2 aliphatic heterocycles. The summed E-state index contributed by atoms with van der Waals surface area (Å²) < 4.78 is 27.2. The van der Waals surface area contributed by atoms with Crippen molar-refractivity contribution in [3.05, 3.63) is 60.7 Å². The first-order chi connectivity index (χ1) is 15.3. The summed E-state index contributed by atoms with van der Waals surface area (Å²) in [5.41, 5.74) is 1.13. The molecule has 2 aliphatic rings. The van der Waals surface area contributed by atoms with Crippen LogP contribution in [0.3, 0.4) is 0 Å². The van der Waals surface area contributed by atoms with Gasteiger partial charge in [-0.05, 0) is 35.7 Å². The van der Waals surface area contributed by atoms with E-state index in [1.54, 1.807) is 36.4 Å². The summed E-state index contributed by atoms with van der Waals surface area (Å²) in [7, 11) is -2.33. The molecular formula is C22H18N4O5S. The van der Waals surface area contributed by atoms with Crippen molar-refractivity contribution in [3.8, 4) is 0 Å². The summed E-state index contributed by atoms with van der Waals surface area (Å²) in [6.07, 6.45) is 0. The quantitative estimate of drug-likeness (QED) is 0.614. The smallest absolute Gasteiger partial charge is 0.324 e. The van der Waals surface area contributed by atoms with E-state index in [0.29, 0.717) is 22.4 Å². The highest BCUT2D eigenvalue weighted by atomic mass is 32.2. The minimum absolute atomic E-state index is 0.0195. The number of anilines is 3. The van der Waals surface area contributed by atoms with E-state index in [-0.39, 0.29) is 17.3 Å². The van der Waals surface area contributed by atoms with E-state index < -0.39 is 28.5 Å². The highest BCUT2D eigenvalue weighted by molar-refractivity contribution is 7.93. The van der Waals surface area contributed by atoms with Crippen LogP contribution in [-0.4, -0.2) is 51.3 Å². The first-order valence-electron chi connectivity index (χ1n) is 9.80. The van der Waals surface area contributed by atoms with Gasteiger partial charge < -0.3 is 10.2 Å². The van der Waals surface area contributed by atoms with Crippen LogP contribution in [0.4, 0.5) is 21.9 Å². The first-order valence-corrected chi connectivity index (χ1v) is 11.2. The number of benzene rings is 3. The summed E-state index contributed by atoms with van der Waals surface area (Å²) >= 11 is 0. The molecular weight excluding hydrogens is 432 g/mol. The van der Waals surface area contributed by atoms with Gasteiger partial charge in [-0.1, -0.05) is 30.3 Å². The Morgan fingerprint density at radius 3 is 2.47 bits per heavy atom. The van der Waals surface area contributed by atoms with E-state index in [1.165, 1.54) is 24.1 Å². The number of hydrogen-bond acceptors (Lipinski definition) is 5. The summed E-state index contributed by atoms with van der Waals surface area (Å²) in [4.78, 5) is 39.6. The van der Waals surface area contributed by atoms with Crippen LogP contribution in [0.5, 0.6) is 0 Å². The molecule has 0 bridgehead atoms. The number of nitrogens with one attached hydrogen (secondary N) is 1. The predicted molar refractivity (Wildman–Crippen MR) is 119 cm³/mol. The Labute approximate surface area is 183 Å². The van der Waals surface area contributed by atoms with Gasteiger partial charge in [0, 0.05) is 18.1 Å². The van der Waals surface area contributed by atoms with Gasteiger partial charge in [0.1, 0.15) is 13.1 Å². The van der Waals surface area contributed by atoms with Crippen LogP contribution in [-0.2, 0) is 19.6 Å². The second-order valence-corrected chi connectivity index (χ2v) is 9.44. The van der Waals surface area contributed by atoms with Gasteiger partial charge >= 0.3 is 6.03 Å². The molecule has 162 valence electrons. The molecule has 32 heavy (non-hydrogen) atoms. The maximum absolute atomic E-state index is 13.0. The van der Waals surface area contributed by atoms with Gasteiger partial charge in [0.2, 0.25) is 5.91 Å². The van der Waals surface area contributed by atoms with Crippen molar-refractivity contribution < 1.29 is 22.8 Å². The Balaban J connectivity index is 1.39. The first kappa shape index (κ1) is 20.0. The molecule has 1 fully saturated rings. The maximum Gasteiger partial charge on any atom is 0.331 e. The SMILES string of the molecule is CN1CC(=O)N(c2cccc(NC(=O)CN3c4cccc5cccc(c45)S3(=O)=O)c2)C1=O. The third-order valence-corrected chi connectivity index (χ3v) is 7.30. The normalized spacial score (nSPS) is 16.8. The molecule has 1 N–H and O–H groups in total. The minimum atomic E-state index is -3.86. The molecule has 0 radical (unpaired) electrons. The number of urea groups is 1. The number of carbonyl (C=O) groups excluding carboxylic acids is 3. The van der Waals surface area contributed by atoms with Crippen LogP contribution in [0, 0.1) is 0 Å². The zero-order chi connectivity index (χ0) is 22.6. The average Bonchev–Trinajstić information content (AvgIpc) is 3.14. The molecule has 0 unspecified atom stereocenters. The number of hydrogen-bond donors (Lipinski definition) is 1. The molecule has 0 aliphatic carbocycles. The second kappa shape index (κ2) is 7.06. The highest BCUT2D eigenvalue weighted by Gasteiger charge is 2.37. The number of rotatable bonds is 4. The fourth-order valence-electron chi connectivity index (χ4n) is 4.06. The van der Waals surface area contributed by atoms with Gasteiger partial charge in [0.05, 0.1) is 16.3 Å². The summed E-state index contributed by atoms with van der Waals surface area (Å²) in [5, 5.41) is 4.04. The molecule has 0 aromatic heterocycles. The molecule has 3 aromatic carbocycles. The van der Waals surface area contributed by atoms with E-state index >= 15 is 0 Å². The molecule has 2 heterocycles. The predicted octanol–water partition coefficient (Wildman–Crippen LogP) is 2.39. The number of imide groups is 1. The van der Waals surface area contributed by atoms with Crippen molar-refractivity contribution in [2.45, 2.75) is 4.90 Å². The van der Waals surface area contributed by atoms with E-state index in [2.05, 4.69) is 5.32 Å². The maximum atomic E-state index is 13.0. The second-order valence-electron chi connectivity index (χ2n) is 7.61. The van der Waals surface area contributed by atoms with Crippen molar-refractivity contribution in [3.63, 3.8) is 0 Å². The largest absolute Gasteiger partial charge is 0.331 e. The van der Waals surface area contributed by atoms with Gasteiger partial charge in [-0.2, -0.15) is 0 Å². The zero-order valence-corrected chi connectivity index (χ0v) is 17.8. The fraction of sp³-hybridized carbons (Fsp3) is 0.136. The molecule has 0 spiro atoms. The van der Waals surface area contributed by atoms with Gasteiger partial charge in [-0.3, -0.25) is 13.9 Å². The van der Waals surface area contributed by atoms with Gasteiger partial charge in [-0.25, -0.2) is 18.1 Å². The molecule has 0 saturated carbocycles. The van der Waals surface area contributed by atoms with E-state index in [4.69, 9.17) is 0 Å². The number of likely N-dealkylation sites (N-methyl/N-ethyl adjacent to an activating group) is 1. The fourth-order valence-corrected chi connectivity index (χ4v) is 5.72. The lowest BCUT2D eigenvalue weighted by Gasteiger charge is -2.19. The summed E-state index contributed by atoms with van der Waals surface area (Å²) in [6, 6.07) is 16.1.